The number of nitrogens with one attached hydrogen (secondary N) is 6. The number of amides is 5. The molecule has 0 spiro atoms. The minimum absolute atomic E-state index is 0.106. The molecule has 8 N–H and O–H groups in total. The first kappa shape index (κ1) is 62.7. The van der Waals surface area contributed by atoms with Crippen LogP contribution in [0.4, 0.5) is 24.8 Å². The third kappa shape index (κ3) is 17.5. The Bertz CT molecular complexity index is 3100. The van der Waals surface area contributed by atoms with Crippen LogP contribution < -0.4 is 42.8 Å². The lowest BCUT2D eigenvalue weighted by Crippen LogP contribution is -2.47. The van der Waals surface area contributed by atoms with E-state index in [2.05, 4.69) is 82.9 Å². The topological polar surface area (TPSA) is 290 Å². The van der Waals surface area contributed by atoms with E-state index in [1.165, 1.54) is 6.92 Å². The molecule has 2 aromatic heterocycles. The summed E-state index contributed by atoms with van der Waals surface area (Å²) in [6, 6.07) is 31.8. The minimum atomic E-state index is -5.34. The molecular weight excluding hydrogens is 1080 g/mol. The number of anilines is 2. The molecule has 0 aliphatic carbocycles. The average molecular weight is 1150 g/mol. The number of aromatic amines is 1. The predicted octanol–water partition coefficient (Wildman–Crippen LogP) is 5.79. The molecule has 20 nitrogen and oxygen atoms in total. The van der Waals surface area contributed by atoms with Crippen molar-refractivity contribution >= 4 is 75.8 Å². The predicted molar refractivity (Wildman–Crippen MR) is 304 cm³/mol. The molecule has 2 heterocycles. The lowest BCUT2D eigenvalue weighted by atomic mass is 9.84. The number of nitrogens with two attached hydrogens (primary N) is 1. The molecule has 6 aromatic rings. The van der Waals surface area contributed by atoms with Gasteiger partial charge in [0.2, 0.25) is 23.7 Å². The van der Waals surface area contributed by atoms with Gasteiger partial charge < -0.3 is 37.1 Å². The number of nitrogens with zero attached hydrogens (tertiary/aromatic N) is 4. The van der Waals surface area contributed by atoms with Crippen molar-refractivity contribution in [1.29, 1.82) is 0 Å². The third-order valence-electron chi connectivity index (χ3n) is 13.2. The number of halogens is 3. The Kier molecular flexibility index (Phi) is 23.2. The summed E-state index contributed by atoms with van der Waals surface area (Å²) < 4.78 is 45.7. The summed E-state index contributed by atoms with van der Waals surface area (Å²) in [5, 5.41) is 14.1. The van der Waals surface area contributed by atoms with Crippen LogP contribution in [0.25, 0.3) is 11.2 Å². The number of esters is 1. The Morgan fingerprint density at radius 2 is 1.27 bits per heavy atom. The van der Waals surface area contributed by atoms with E-state index in [9.17, 15) is 51.5 Å². The Labute approximate surface area is 475 Å². The fraction of sp³-hybridized carbons (Fsp3) is 0.362. The summed E-state index contributed by atoms with van der Waals surface area (Å²) in [7, 11) is 3.00. The molecule has 0 aliphatic heterocycles. The van der Waals surface area contributed by atoms with Crippen molar-refractivity contribution < 1.29 is 51.5 Å². The number of hydrogen-bond donors (Lipinski definition) is 7. The second-order valence-electron chi connectivity index (χ2n) is 19.1. The number of rotatable bonds is 30. The van der Waals surface area contributed by atoms with Crippen molar-refractivity contribution in [3.63, 3.8) is 0 Å². The lowest BCUT2D eigenvalue weighted by Gasteiger charge is -2.35. The highest BCUT2D eigenvalue weighted by atomic mass is 32.2. The van der Waals surface area contributed by atoms with Crippen LogP contribution in [0, 0.1) is 0 Å². The van der Waals surface area contributed by atoms with Gasteiger partial charge in [-0.1, -0.05) is 91.0 Å². The molecule has 3 unspecified atom stereocenters. The van der Waals surface area contributed by atoms with E-state index in [1.807, 2.05) is 61.6 Å². The van der Waals surface area contributed by atoms with E-state index >= 15 is 0 Å². The number of H-pyrrole nitrogens is 1. The number of benzene rings is 4. The molecule has 434 valence electrons. The molecule has 0 fully saturated rings. The smallest absolute Gasteiger partial charge is 0.467 e. The van der Waals surface area contributed by atoms with Crippen LogP contribution in [-0.4, -0.2) is 119 Å². The number of carbonyl (C=O) groups is 7. The first-order chi connectivity index (χ1) is 39.3. The number of nitrogen functional groups attached to an aromatic ring is 1. The maximum atomic E-state index is 13.8. The summed E-state index contributed by atoms with van der Waals surface area (Å²) in [5.74, 6) is -5.41. The standard InChI is InChI=1S/C58H66F3N11O9S/c1-37(73)44(69-51(76)38-25-27-43(28-26-38)72(55(80)58(59,60)61)36-42-35-65-50-49(66-42)53(78)71-56(62)70-50)29-30-47(74)68-46(54(79)81-3)24-14-16-33-64-52(77)45(23-13-15-32-63-2)67-48(75)31-34-82-57(39-17-7-4-8-18-39,40-19-9-5-10-20-40)41-21-11-6-12-22-41/h4-12,17-22,25-28,35,44-46,63H,13-16,23-24,29-34,36H2,1-3H3,(H,64,77)(H,67,75)(H,68,74)(H,69,76)(H3,62,65,70,71,78). The van der Waals surface area contributed by atoms with Gasteiger partial charge in [-0.2, -0.15) is 18.2 Å². The number of aromatic nitrogens is 4. The van der Waals surface area contributed by atoms with Gasteiger partial charge in [0.05, 0.1) is 36.3 Å². The lowest BCUT2D eigenvalue weighted by molar-refractivity contribution is -0.170. The minimum Gasteiger partial charge on any atom is -0.467 e. The van der Waals surface area contributed by atoms with Crippen LogP contribution in [0.2, 0.25) is 0 Å². The Hall–Kier alpha value is -8.51. The molecule has 0 aliphatic rings. The van der Waals surface area contributed by atoms with Gasteiger partial charge in [-0.05, 0) is 106 Å². The molecular formula is C58H66F3N11O9S. The van der Waals surface area contributed by atoms with Gasteiger partial charge in [0.25, 0.3) is 11.5 Å². The number of fused-ring (bicyclic) bond motifs is 1. The van der Waals surface area contributed by atoms with Crippen LogP contribution in [0.5, 0.6) is 0 Å². The second-order valence-corrected chi connectivity index (χ2v) is 20.4. The summed E-state index contributed by atoms with van der Waals surface area (Å²) in [4.78, 5) is 119. The van der Waals surface area contributed by atoms with Gasteiger partial charge in [-0.25, -0.2) is 14.8 Å². The van der Waals surface area contributed by atoms with E-state index < -0.39 is 70.6 Å². The van der Waals surface area contributed by atoms with Crippen molar-refractivity contribution in [2.75, 3.05) is 43.6 Å². The van der Waals surface area contributed by atoms with Gasteiger partial charge in [-0.3, -0.25) is 43.4 Å². The zero-order chi connectivity index (χ0) is 59.2. The molecule has 4 aromatic carbocycles. The number of hydrogen-bond acceptors (Lipinski definition) is 15. The number of unbranched alkanes of at least 4 members (excludes halogenated alkanes) is 2. The first-order valence-corrected chi connectivity index (χ1v) is 27.5. The second kappa shape index (κ2) is 30.3. The number of ketones is 1. The Morgan fingerprint density at radius 1 is 0.707 bits per heavy atom. The van der Waals surface area contributed by atoms with Crippen LogP contribution in [-0.2, 0) is 44.8 Å². The van der Waals surface area contributed by atoms with Gasteiger partial charge in [0, 0.05) is 36.4 Å². The quantitative estimate of drug-likeness (QED) is 0.0160. The highest BCUT2D eigenvalue weighted by Crippen LogP contribution is 2.48. The number of alkyl halides is 3. The fourth-order valence-corrected chi connectivity index (χ4v) is 10.5. The zero-order valence-corrected chi connectivity index (χ0v) is 46.4. The number of ether oxygens (including phenoxy) is 1. The SMILES string of the molecule is CNCCCCC(NC(=O)CCSC(c1ccccc1)(c1ccccc1)c1ccccc1)C(=O)NCCCCC(NC(=O)CCC(NC(=O)c1ccc(N(Cc2cnc3nc(N)[nH]c(=O)c3n2)C(=O)C(F)(F)F)cc1)C(C)=O)C(=O)OC. The summed E-state index contributed by atoms with van der Waals surface area (Å²) >= 11 is 1.65. The third-order valence-corrected chi connectivity index (χ3v) is 14.8. The molecule has 24 heteroatoms. The number of carbonyl (C=O) groups excluding carboxylic acids is 7. The van der Waals surface area contributed by atoms with Crippen LogP contribution in [0.15, 0.2) is 126 Å². The van der Waals surface area contributed by atoms with Gasteiger partial charge >= 0.3 is 18.1 Å². The molecule has 0 bridgehead atoms. The van der Waals surface area contributed by atoms with Crippen molar-refractivity contribution in [3.05, 3.63) is 160 Å². The highest BCUT2D eigenvalue weighted by molar-refractivity contribution is 8.00. The number of methoxy groups -OCH3 is 1. The molecule has 0 radical (unpaired) electrons. The van der Waals surface area contributed by atoms with E-state index in [0.29, 0.717) is 36.3 Å². The van der Waals surface area contributed by atoms with Crippen molar-refractivity contribution in [2.24, 2.45) is 0 Å². The normalized spacial score (nSPS) is 12.6. The maximum absolute atomic E-state index is 13.8. The fourth-order valence-electron chi connectivity index (χ4n) is 9.05. The van der Waals surface area contributed by atoms with E-state index in [4.69, 9.17) is 10.5 Å². The van der Waals surface area contributed by atoms with Crippen molar-refractivity contribution in [1.82, 2.24) is 46.5 Å². The zero-order valence-electron chi connectivity index (χ0n) is 45.6. The van der Waals surface area contributed by atoms with Gasteiger partial charge in [0.1, 0.15) is 12.1 Å². The summed E-state index contributed by atoms with van der Waals surface area (Å²) in [5.41, 5.74) is 6.81. The average Bonchev–Trinajstić information content (AvgIpc) is 3.52. The van der Waals surface area contributed by atoms with Crippen LogP contribution >= 0.6 is 11.8 Å². The summed E-state index contributed by atoms with van der Waals surface area (Å²) in [6.45, 7) is 1.35. The molecule has 0 saturated heterocycles. The number of Topliss-reactive ketones (excluding diaryl/α,β-unsaturated/α-hetero) is 1. The van der Waals surface area contributed by atoms with E-state index in [0.717, 1.165) is 67.2 Å². The van der Waals surface area contributed by atoms with Crippen LogP contribution in [0.1, 0.15) is 97.5 Å². The molecule has 82 heavy (non-hydrogen) atoms. The van der Waals surface area contributed by atoms with Crippen molar-refractivity contribution in [2.45, 2.75) is 100 Å². The van der Waals surface area contributed by atoms with E-state index in [1.54, 1.807) is 11.8 Å². The maximum Gasteiger partial charge on any atom is 0.471 e. The monoisotopic (exact) mass is 1150 g/mol. The van der Waals surface area contributed by atoms with Gasteiger partial charge in [-0.15, -0.1) is 11.8 Å². The first-order valence-electron chi connectivity index (χ1n) is 26.6. The largest absolute Gasteiger partial charge is 0.471 e. The Morgan fingerprint density at radius 3 is 1.83 bits per heavy atom. The molecule has 3 atom stereocenters. The van der Waals surface area contributed by atoms with E-state index in [-0.39, 0.29) is 78.1 Å². The van der Waals surface area contributed by atoms with Crippen molar-refractivity contribution in [3.8, 4) is 0 Å². The van der Waals surface area contributed by atoms with Crippen LogP contribution in [0.3, 0.4) is 0 Å². The molecule has 0 saturated carbocycles. The Balaban J connectivity index is 0.991. The summed E-state index contributed by atoms with van der Waals surface area (Å²) in [6.07, 6.45) is -1.90. The molecule has 6 rings (SSSR count). The van der Waals surface area contributed by atoms with Gasteiger partial charge in [0.15, 0.2) is 16.9 Å². The number of thioether (sulfide) groups is 1. The highest BCUT2D eigenvalue weighted by Gasteiger charge is 2.43. The molecule has 5 amide bonds.